The van der Waals surface area contributed by atoms with E-state index >= 15 is 0 Å². The summed E-state index contributed by atoms with van der Waals surface area (Å²) in [5, 5.41) is 0. The number of halogens is 1. The molecule has 0 amide bonds. The number of hydrogen-bond donors (Lipinski definition) is 0. The molecule has 0 heterocycles. The lowest BCUT2D eigenvalue weighted by molar-refractivity contribution is -0.0213. The van der Waals surface area contributed by atoms with Crippen LogP contribution in [0.1, 0.15) is 40.2 Å². The predicted molar refractivity (Wildman–Crippen MR) is 78.8 cm³/mol. The molecule has 0 saturated heterocycles. The maximum atomic E-state index is 13.9. The van der Waals surface area contributed by atoms with Gasteiger partial charge in [-0.2, -0.15) is 0 Å². The summed E-state index contributed by atoms with van der Waals surface area (Å²) in [7, 11) is 0. The molecule has 0 spiro atoms. The number of ether oxygens (including phenoxy) is 1. The van der Waals surface area contributed by atoms with Crippen molar-refractivity contribution >= 4 is 6.29 Å². The summed E-state index contributed by atoms with van der Waals surface area (Å²) < 4.78 is 19.7. The van der Waals surface area contributed by atoms with Crippen LogP contribution in [0, 0.1) is 5.82 Å². The Morgan fingerprint density at radius 3 is 2.57 bits per heavy atom. The lowest BCUT2D eigenvalue weighted by atomic mass is 9.75. The van der Waals surface area contributed by atoms with Gasteiger partial charge in [0.25, 0.3) is 0 Å². The average Bonchev–Trinajstić information content (AvgIpc) is 2.48. The van der Waals surface area contributed by atoms with Crippen LogP contribution in [0.25, 0.3) is 0 Å². The number of carbonyl (C=O) groups excluding carboxylic acids is 1. The lowest BCUT2D eigenvalue weighted by Gasteiger charge is -2.36. The van der Waals surface area contributed by atoms with Crippen LogP contribution in [-0.2, 0) is 11.3 Å². The first-order valence-electron chi connectivity index (χ1n) is 7.17. The zero-order valence-electron chi connectivity index (χ0n) is 11.7. The van der Waals surface area contributed by atoms with Crippen molar-refractivity contribution in [3.63, 3.8) is 0 Å². The van der Waals surface area contributed by atoms with Gasteiger partial charge < -0.3 is 4.74 Å². The molecule has 108 valence electrons. The van der Waals surface area contributed by atoms with Gasteiger partial charge in [0.05, 0.1) is 12.7 Å². The molecule has 0 aromatic heterocycles. The van der Waals surface area contributed by atoms with E-state index < -0.39 is 0 Å². The van der Waals surface area contributed by atoms with Crippen molar-refractivity contribution in [3.05, 3.63) is 71.0 Å². The smallest absolute Gasteiger partial charge is 0.150 e. The standard InChI is InChI=1S/C18H17FO2/c19-17-8-4-7-14(11-20)18(17)15-9-16(10-15)21-12-13-5-2-1-3-6-13/h1-8,11,15-16H,9-10,12H2. The van der Waals surface area contributed by atoms with E-state index in [2.05, 4.69) is 0 Å². The summed E-state index contributed by atoms with van der Waals surface area (Å²) in [6, 6.07) is 14.7. The minimum atomic E-state index is -0.286. The topological polar surface area (TPSA) is 26.3 Å². The van der Waals surface area contributed by atoms with Crippen molar-refractivity contribution in [1.29, 1.82) is 0 Å². The third-order valence-corrected chi connectivity index (χ3v) is 4.05. The lowest BCUT2D eigenvalue weighted by Crippen LogP contribution is -2.30. The molecule has 1 saturated carbocycles. The summed E-state index contributed by atoms with van der Waals surface area (Å²) >= 11 is 0. The summed E-state index contributed by atoms with van der Waals surface area (Å²) in [6.45, 7) is 0.579. The molecule has 2 aromatic carbocycles. The molecule has 1 fully saturated rings. The van der Waals surface area contributed by atoms with Crippen LogP contribution in [0.15, 0.2) is 48.5 Å². The first-order valence-corrected chi connectivity index (χ1v) is 7.17. The van der Waals surface area contributed by atoms with Gasteiger partial charge in [-0.25, -0.2) is 4.39 Å². The SMILES string of the molecule is O=Cc1cccc(F)c1C1CC(OCc2ccccc2)C1. The highest BCUT2D eigenvalue weighted by Crippen LogP contribution is 2.41. The van der Waals surface area contributed by atoms with E-state index in [9.17, 15) is 9.18 Å². The molecule has 3 rings (SSSR count). The highest BCUT2D eigenvalue weighted by molar-refractivity contribution is 5.77. The second kappa shape index (κ2) is 6.19. The van der Waals surface area contributed by atoms with E-state index in [1.807, 2.05) is 30.3 Å². The highest BCUT2D eigenvalue weighted by atomic mass is 19.1. The summed E-state index contributed by atoms with van der Waals surface area (Å²) in [6.07, 6.45) is 2.43. The van der Waals surface area contributed by atoms with Crippen molar-refractivity contribution in [1.82, 2.24) is 0 Å². The zero-order valence-corrected chi connectivity index (χ0v) is 11.7. The molecule has 1 aliphatic carbocycles. The van der Waals surface area contributed by atoms with Gasteiger partial charge in [0.15, 0.2) is 0 Å². The van der Waals surface area contributed by atoms with Crippen molar-refractivity contribution in [2.75, 3.05) is 0 Å². The maximum Gasteiger partial charge on any atom is 0.150 e. The Bertz CT molecular complexity index is 618. The van der Waals surface area contributed by atoms with Crippen molar-refractivity contribution in [2.45, 2.75) is 31.5 Å². The zero-order chi connectivity index (χ0) is 14.7. The van der Waals surface area contributed by atoms with Crippen molar-refractivity contribution < 1.29 is 13.9 Å². The molecule has 0 aliphatic heterocycles. The quantitative estimate of drug-likeness (QED) is 0.773. The largest absolute Gasteiger partial charge is 0.373 e. The molecular weight excluding hydrogens is 267 g/mol. The molecule has 21 heavy (non-hydrogen) atoms. The van der Waals surface area contributed by atoms with Crippen LogP contribution >= 0.6 is 0 Å². The Kier molecular flexibility index (Phi) is 4.11. The van der Waals surface area contributed by atoms with Crippen LogP contribution < -0.4 is 0 Å². The van der Waals surface area contributed by atoms with E-state index in [1.165, 1.54) is 6.07 Å². The van der Waals surface area contributed by atoms with Gasteiger partial charge in [-0.15, -0.1) is 0 Å². The molecule has 0 bridgehead atoms. The third kappa shape index (κ3) is 3.03. The van der Waals surface area contributed by atoms with Crippen LogP contribution in [0.2, 0.25) is 0 Å². The number of aldehydes is 1. The van der Waals surface area contributed by atoms with E-state index in [1.54, 1.807) is 12.1 Å². The minimum absolute atomic E-state index is 0.0900. The second-order valence-electron chi connectivity index (χ2n) is 5.45. The molecule has 2 aromatic rings. The van der Waals surface area contributed by atoms with Crippen LogP contribution in [0.4, 0.5) is 4.39 Å². The van der Waals surface area contributed by atoms with E-state index in [0.717, 1.165) is 24.7 Å². The molecule has 0 unspecified atom stereocenters. The Morgan fingerprint density at radius 2 is 1.86 bits per heavy atom. The monoisotopic (exact) mass is 284 g/mol. The molecule has 0 N–H and O–H groups in total. The molecule has 0 atom stereocenters. The van der Waals surface area contributed by atoms with Gasteiger partial charge in [0.1, 0.15) is 12.1 Å². The predicted octanol–water partition coefficient (Wildman–Crippen LogP) is 4.10. The third-order valence-electron chi connectivity index (χ3n) is 4.05. The Hall–Kier alpha value is -2.00. The maximum absolute atomic E-state index is 13.9. The summed E-state index contributed by atoms with van der Waals surface area (Å²) in [5.74, 6) is -0.196. The highest BCUT2D eigenvalue weighted by Gasteiger charge is 2.34. The van der Waals surface area contributed by atoms with E-state index in [-0.39, 0.29) is 17.8 Å². The fraction of sp³-hybridized carbons (Fsp3) is 0.278. The number of rotatable bonds is 5. The summed E-state index contributed by atoms with van der Waals surface area (Å²) in [4.78, 5) is 11.0. The molecule has 3 heteroatoms. The first kappa shape index (κ1) is 14.0. The number of benzene rings is 2. The number of carbonyl (C=O) groups is 1. The van der Waals surface area contributed by atoms with E-state index in [4.69, 9.17) is 4.74 Å². The van der Waals surface area contributed by atoms with Crippen LogP contribution in [0.3, 0.4) is 0 Å². The Morgan fingerprint density at radius 1 is 1.10 bits per heavy atom. The number of hydrogen-bond acceptors (Lipinski definition) is 2. The van der Waals surface area contributed by atoms with Crippen LogP contribution in [0.5, 0.6) is 0 Å². The van der Waals surface area contributed by atoms with Crippen LogP contribution in [-0.4, -0.2) is 12.4 Å². The minimum Gasteiger partial charge on any atom is -0.373 e. The van der Waals surface area contributed by atoms with Gasteiger partial charge in [0.2, 0.25) is 0 Å². The van der Waals surface area contributed by atoms with Gasteiger partial charge in [-0.1, -0.05) is 42.5 Å². The molecule has 1 aliphatic rings. The fourth-order valence-corrected chi connectivity index (χ4v) is 2.81. The van der Waals surface area contributed by atoms with Gasteiger partial charge >= 0.3 is 0 Å². The molecule has 2 nitrogen and oxygen atoms in total. The fourth-order valence-electron chi connectivity index (χ4n) is 2.81. The second-order valence-corrected chi connectivity index (χ2v) is 5.45. The summed E-state index contributed by atoms with van der Waals surface area (Å²) in [5.41, 5.74) is 2.15. The van der Waals surface area contributed by atoms with Crippen molar-refractivity contribution in [3.8, 4) is 0 Å². The van der Waals surface area contributed by atoms with Crippen molar-refractivity contribution in [2.24, 2.45) is 0 Å². The van der Waals surface area contributed by atoms with Gasteiger partial charge in [0, 0.05) is 11.1 Å². The van der Waals surface area contributed by atoms with Gasteiger partial charge in [-0.05, 0) is 30.4 Å². The normalized spacial score (nSPS) is 20.8. The molecular formula is C18H17FO2. The van der Waals surface area contributed by atoms with E-state index in [0.29, 0.717) is 17.7 Å². The average molecular weight is 284 g/mol. The first-order chi connectivity index (χ1) is 10.3. The Labute approximate surface area is 123 Å². The Balaban J connectivity index is 1.58. The van der Waals surface area contributed by atoms with Gasteiger partial charge in [-0.3, -0.25) is 4.79 Å². The molecule has 0 radical (unpaired) electrons.